The molecule has 2 heteroatoms. The lowest BCUT2D eigenvalue weighted by Gasteiger charge is -1.95. The summed E-state index contributed by atoms with van der Waals surface area (Å²) >= 11 is 0. The molecule has 0 fully saturated rings. The number of alkyl halides is 1. The summed E-state index contributed by atoms with van der Waals surface area (Å²) in [6.07, 6.45) is 1.82. The third kappa shape index (κ3) is 3.30. The topological polar surface area (TPSA) is 12.0 Å². The van der Waals surface area contributed by atoms with Gasteiger partial charge < -0.3 is 5.32 Å². The predicted octanol–water partition coefficient (Wildman–Crippen LogP) is 1.43. The van der Waals surface area contributed by atoms with Gasteiger partial charge in [-0.2, -0.15) is 0 Å². The van der Waals surface area contributed by atoms with Gasteiger partial charge in [0.2, 0.25) is 0 Å². The summed E-state index contributed by atoms with van der Waals surface area (Å²) in [6, 6.07) is 0. The van der Waals surface area contributed by atoms with Gasteiger partial charge in [0.15, 0.2) is 6.80 Å². The van der Waals surface area contributed by atoms with Gasteiger partial charge in [0.05, 0.1) is 0 Å². The lowest BCUT2D eigenvalue weighted by molar-refractivity contribution is 0.455. The first-order valence-electron chi connectivity index (χ1n) is 2.24. The molecule has 1 N–H and O–H groups in total. The van der Waals surface area contributed by atoms with Crippen molar-refractivity contribution in [2.75, 3.05) is 6.80 Å². The van der Waals surface area contributed by atoms with E-state index < -0.39 is 6.80 Å². The van der Waals surface area contributed by atoms with Gasteiger partial charge in [-0.15, -0.1) is 0 Å². The van der Waals surface area contributed by atoms with Crippen molar-refractivity contribution in [3.8, 4) is 0 Å². The Morgan fingerprint density at radius 1 is 1.86 bits per heavy atom. The molecule has 0 bridgehead atoms. The van der Waals surface area contributed by atoms with Gasteiger partial charge in [-0.3, -0.25) is 0 Å². The summed E-state index contributed by atoms with van der Waals surface area (Å²) in [4.78, 5) is 0. The fraction of sp³-hybridized carbons (Fsp3) is 0.600. The Morgan fingerprint density at radius 2 is 2.43 bits per heavy atom. The van der Waals surface area contributed by atoms with Gasteiger partial charge in [0, 0.05) is 5.70 Å². The van der Waals surface area contributed by atoms with Crippen LogP contribution in [0.15, 0.2) is 11.8 Å². The van der Waals surface area contributed by atoms with Crippen LogP contribution in [0.3, 0.4) is 0 Å². The molecule has 1 nitrogen and oxygen atoms in total. The highest BCUT2D eigenvalue weighted by Gasteiger charge is 1.77. The molecule has 0 saturated heterocycles. The summed E-state index contributed by atoms with van der Waals surface area (Å²) in [5.74, 6) is 0. The Balaban J connectivity index is 3.17. The van der Waals surface area contributed by atoms with Crippen LogP contribution in [0.4, 0.5) is 4.39 Å². The van der Waals surface area contributed by atoms with E-state index in [-0.39, 0.29) is 0 Å². The van der Waals surface area contributed by atoms with E-state index >= 15 is 0 Å². The first kappa shape index (κ1) is 6.47. The molecule has 0 aromatic carbocycles. The van der Waals surface area contributed by atoms with Crippen LogP contribution in [0.1, 0.15) is 13.8 Å². The number of hydrogen-bond acceptors (Lipinski definition) is 1. The molecule has 0 saturated carbocycles. The third-order valence-corrected chi connectivity index (χ3v) is 0.779. The molecular formula is C5H10FN. The van der Waals surface area contributed by atoms with Crippen LogP contribution in [0.5, 0.6) is 0 Å². The minimum Gasteiger partial charge on any atom is -0.362 e. The van der Waals surface area contributed by atoms with Crippen molar-refractivity contribution in [1.29, 1.82) is 0 Å². The van der Waals surface area contributed by atoms with Gasteiger partial charge >= 0.3 is 0 Å². The van der Waals surface area contributed by atoms with Crippen LogP contribution in [0, 0.1) is 0 Å². The summed E-state index contributed by atoms with van der Waals surface area (Å²) in [7, 11) is 0. The highest BCUT2D eigenvalue weighted by atomic mass is 19.1. The van der Waals surface area contributed by atoms with E-state index in [4.69, 9.17) is 0 Å². The number of halogens is 1. The van der Waals surface area contributed by atoms with E-state index in [0.717, 1.165) is 5.70 Å². The molecular weight excluding hydrogens is 93.1 g/mol. The molecule has 0 rings (SSSR count). The van der Waals surface area contributed by atoms with Gasteiger partial charge in [0.1, 0.15) is 0 Å². The first-order chi connectivity index (χ1) is 3.31. The van der Waals surface area contributed by atoms with Crippen molar-refractivity contribution in [1.82, 2.24) is 5.32 Å². The van der Waals surface area contributed by atoms with Crippen molar-refractivity contribution < 1.29 is 4.39 Å². The average Bonchev–Trinajstić information content (AvgIpc) is 1.68. The number of nitrogens with one attached hydrogen (secondary N) is 1. The fourth-order valence-electron chi connectivity index (χ4n) is 0.207. The quantitative estimate of drug-likeness (QED) is 0.521. The van der Waals surface area contributed by atoms with E-state index in [1.165, 1.54) is 0 Å². The largest absolute Gasteiger partial charge is 0.362 e. The van der Waals surface area contributed by atoms with Crippen molar-refractivity contribution in [3.05, 3.63) is 11.8 Å². The molecule has 7 heavy (non-hydrogen) atoms. The van der Waals surface area contributed by atoms with Crippen molar-refractivity contribution in [3.63, 3.8) is 0 Å². The van der Waals surface area contributed by atoms with Crippen molar-refractivity contribution >= 4 is 0 Å². The van der Waals surface area contributed by atoms with Gasteiger partial charge in [-0.25, -0.2) is 4.39 Å². The van der Waals surface area contributed by atoms with E-state index in [1.54, 1.807) is 0 Å². The molecule has 0 aliphatic rings. The second kappa shape index (κ2) is 3.65. The molecule has 0 aromatic rings. The van der Waals surface area contributed by atoms with E-state index in [9.17, 15) is 4.39 Å². The van der Waals surface area contributed by atoms with Crippen LogP contribution in [0.25, 0.3) is 0 Å². The monoisotopic (exact) mass is 103 g/mol. The molecule has 42 valence electrons. The number of allylic oxidation sites excluding steroid dienone is 2. The van der Waals surface area contributed by atoms with E-state index in [1.807, 2.05) is 19.9 Å². The van der Waals surface area contributed by atoms with Crippen LogP contribution in [0.2, 0.25) is 0 Å². The second-order valence-corrected chi connectivity index (χ2v) is 1.28. The maximum Gasteiger partial charge on any atom is 0.159 e. The number of hydrogen-bond donors (Lipinski definition) is 1. The minimum atomic E-state index is -0.476. The zero-order valence-electron chi connectivity index (χ0n) is 4.66. The Morgan fingerprint density at radius 3 is 2.57 bits per heavy atom. The summed E-state index contributed by atoms with van der Waals surface area (Å²) in [5.41, 5.74) is 0.877. The van der Waals surface area contributed by atoms with Crippen molar-refractivity contribution in [2.24, 2.45) is 0 Å². The van der Waals surface area contributed by atoms with E-state index in [2.05, 4.69) is 5.32 Å². The molecule has 0 radical (unpaired) electrons. The van der Waals surface area contributed by atoms with Gasteiger partial charge in [0.25, 0.3) is 0 Å². The molecule has 0 heterocycles. The maximum absolute atomic E-state index is 11.3. The lowest BCUT2D eigenvalue weighted by Crippen LogP contribution is -2.07. The predicted molar refractivity (Wildman–Crippen MR) is 28.5 cm³/mol. The molecule has 0 spiro atoms. The third-order valence-electron chi connectivity index (χ3n) is 0.779. The van der Waals surface area contributed by atoms with Crippen LogP contribution in [-0.2, 0) is 0 Å². The van der Waals surface area contributed by atoms with E-state index in [0.29, 0.717) is 0 Å². The van der Waals surface area contributed by atoms with Crippen molar-refractivity contribution in [2.45, 2.75) is 13.8 Å². The fourth-order valence-corrected chi connectivity index (χ4v) is 0.207. The maximum atomic E-state index is 11.3. The SMILES string of the molecule is C/C=C(\C)NCF. The highest BCUT2D eigenvalue weighted by Crippen LogP contribution is 1.81. The summed E-state index contributed by atoms with van der Waals surface area (Å²) < 4.78 is 11.3. The second-order valence-electron chi connectivity index (χ2n) is 1.28. The molecule has 0 aliphatic heterocycles. The van der Waals surface area contributed by atoms with Crippen LogP contribution in [-0.4, -0.2) is 6.80 Å². The zero-order valence-corrected chi connectivity index (χ0v) is 4.66. The smallest absolute Gasteiger partial charge is 0.159 e. The zero-order chi connectivity index (χ0) is 5.70. The Bertz CT molecular complexity index is 68.5. The minimum absolute atomic E-state index is 0.476. The summed E-state index contributed by atoms with van der Waals surface area (Å²) in [6.45, 7) is 3.20. The molecule has 0 amide bonds. The van der Waals surface area contributed by atoms with Crippen LogP contribution < -0.4 is 5.32 Å². The summed E-state index contributed by atoms with van der Waals surface area (Å²) in [5, 5.41) is 2.49. The van der Waals surface area contributed by atoms with Gasteiger partial charge in [-0.1, -0.05) is 6.08 Å². The Hall–Kier alpha value is -0.530. The molecule has 0 atom stereocenters. The lowest BCUT2D eigenvalue weighted by atomic mass is 10.5. The Kier molecular flexibility index (Phi) is 3.38. The molecule has 0 unspecified atom stereocenters. The molecule has 0 aliphatic carbocycles. The van der Waals surface area contributed by atoms with Crippen LogP contribution >= 0.6 is 0 Å². The average molecular weight is 103 g/mol. The van der Waals surface area contributed by atoms with Gasteiger partial charge in [-0.05, 0) is 13.8 Å². The normalized spacial score (nSPS) is 11.6. The standard InChI is InChI=1S/C5H10FN/c1-3-5(2)7-4-6/h3,7H,4H2,1-2H3/b5-3+. The Labute approximate surface area is 43.2 Å². The molecule has 0 aromatic heterocycles. The first-order valence-corrected chi connectivity index (χ1v) is 2.24. The number of rotatable bonds is 2. The highest BCUT2D eigenvalue weighted by molar-refractivity contribution is 4.90.